The van der Waals surface area contributed by atoms with E-state index in [1.165, 1.54) is 7.11 Å². The van der Waals surface area contributed by atoms with E-state index in [1.54, 1.807) is 24.6 Å². The predicted molar refractivity (Wildman–Crippen MR) is 111 cm³/mol. The third-order valence-electron chi connectivity index (χ3n) is 4.64. The summed E-state index contributed by atoms with van der Waals surface area (Å²) in [4.78, 5) is 20.7. The molecule has 3 aromatic rings. The first-order valence-corrected chi connectivity index (χ1v) is 8.97. The van der Waals surface area contributed by atoms with E-state index in [1.807, 2.05) is 38.1 Å². The largest absolute Gasteiger partial charge is 0.504 e. The molecule has 4 rings (SSSR count). The number of pyridine rings is 1. The molecule has 2 aromatic heterocycles. The number of carbonyl (C=O) groups excluding carboxylic acids is 1. The smallest absolute Gasteiger partial charge is 0.347 e. The maximum atomic E-state index is 12.3. The number of fused-ring (bicyclic) bond motifs is 1. The Kier molecular flexibility index (Phi) is 4.64. The Hall–Kier alpha value is -3.87. The molecule has 2 N–H and O–H groups in total. The number of aliphatic imine (C=N–C) groups is 1. The minimum atomic E-state index is -0.703. The van der Waals surface area contributed by atoms with Gasteiger partial charge in [0.25, 0.3) is 0 Å². The summed E-state index contributed by atoms with van der Waals surface area (Å²) in [7, 11) is 1.25. The number of hydrogen-bond acceptors (Lipinski definition) is 7. The molecule has 0 saturated heterocycles. The zero-order valence-corrected chi connectivity index (χ0v) is 16.2. The second-order valence-corrected chi connectivity index (χ2v) is 6.69. The molecule has 0 atom stereocenters. The zero-order chi connectivity index (χ0) is 20.5. The van der Waals surface area contributed by atoms with Crippen LogP contribution in [0, 0.1) is 13.8 Å². The summed E-state index contributed by atoms with van der Waals surface area (Å²) in [6.07, 6.45) is 4.91. The van der Waals surface area contributed by atoms with Crippen molar-refractivity contribution < 1.29 is 19.1 Å². The summed E-state index contributed by atoms with van der Waals surface area (Å²) in [5.74, 6) is -0.190. The van der Waals surface area contributed by atoms with Gasteiger partial charge in [-0.05, 0) is 43.7 Å². The molecular weight excluding hydrogens is 370 g/mol. The maximum absolute atomic E-state index is 12.3. The molecule has 29 heavy (non-hydrogen) atoms. The normalized spacial score (nSPS) is 13.6. The molecule has 1 aliphatic rings. The molecule has 0 aliphatic carbocycles. The van der Waals surface area contributed by atoms with E-state index in [0.717, 1.165) is 22.4 Å². The van der Waals surface area contributed by atoms with Crippen LogP contribution in [0.5, 0.6) is 5.75 Å². The number of aromatic nitrogens is 1. The lowest BCUT2D eigenvalue weighted by atomic mass is 10.1. The molecule has 0 unspecified atom stereocenters. The van der Waals surface area contributed by atoms with Crippen LogP contribution in [0.1, 0.15) is 32.8 Å². The Bertz CT molecular complexity index is 1170. The van der Waals surface area contributed by atoms with Crippen molar-refractivity contribution >= 4 is 41.2 Å². The van der Waals surface area contributed by atoms with Crippen molar-refractivity contribution in [3.63, 3.8) is 0 Å². The van der Waals surface area contributed by atoms with E-state index >= 15 is 0 Å². The van der Waals surface area contributed by atoms with Crippen LogP contribution in [-0.4, -0.2) is 29.4 Å². The fourth-order valence-corrected chi connectivity index (χ4v) is 3.18. The number of allylic oxidation sites excluding steroid dienone is 1. The number of aromatic hydroxyl groups is 1. The van der Waals surface area contributed by atoms with E-state index in [2.05, 4.69) is 15.3 Å². The standard InChI is InChI=1S/C22H19N3O4/c1-12-6-7-16(13(2)9-12)25-21-18(22(27)28-3)19(26)17(29-21)10-14-11-24-20-15(14)5-4-8-23-20/h4-11,25-26H,1-3H3/b14-10+. The van der Waals surface area contributed by atoms with Gasteiger partial charge in [-0.15, -0.1) is 0 Å². The fraction of sp³-hybridized carbons (Fsp3) is 0.136. The Morgan fingerprint density at radius 3 is 2.86 bits per heavy atom. The monoisotopic (exact) mass is 389 g/mol. The number of nitrogens with zero attached hydrogens (tertiary/aromatic N) is 2. The van der Waals surface area contributed by atoms with E-state index < -0.39 is 5.97 Å². The third-order valence-corrected chi connectivity index (χ3v) is 4.64. The lowest BCUT2D eigenvalue weighted by Crippen LogP contribution is -2.04. The molecule has 7 nitrogen and oxygen atoms in total. The first-order chi connectivity index (χ1) is 14.0. The molecule has 0 bridgehead atoms. The van der Waals surface area contributed by atoms with Crippen molar-refractivity contribution in [2.24, 2.45) is 4.99 Å². The van der Waals surface area contributed by atoms with Gasteiger partial charge in [0.1, 0.15) is 0 Å². The van der Waals surface area contributed by atoms with Crippen molar-refractivity contribution in [2.45, 2.75) is 13.8 Å². The van der Waals surface area contributed by atoms with Crippen LogP contribution in [-0.2, 0) is 4.74 Å². The highest BCUT2D eigenvalue weighted by Gasteiger charge is 2.27. The highest BCUT2D eigenvalue weighted by molar-refractivity contribution is 6.21. The van der Waals surface area contributed by atoms with E-state index in [9.17, 15) is 9.90 Å². The van der Waals surface area contributed by atoms with Gasteiger partial charge >= 0.3 is 5.97 Å². The molecule has 0 spiro atoms. The van der Waals surface area contributed by atoms with Crippen molar-refractivity contribution in [2.75, 3.05) is 12.4 Å². The maximum Gasteiger partial charge on any atom is 0.347 e. The quantitative estimate of drug-likeness (QED) is 0.623. The van der Waals surface area contributed by atoms with E-state index in [4.69, 9.17) is 9.15 Å². The number of nitrogens with one attached hydrogen (secondary N) is 1. The number of aryl methyl sites for hydroxylation is 2. The average molecular weight is 389 g/mol. The summed E-state index contributed by atoms with van der Waals surface area (Å²) in [5, 5.41) is 13.8. The van der Waals surface area contributed by atoms with Gasteiger partial charge in [-0.25, -0.2) is 14.8 Å². The third kappa shape index (κ3) is 3.38. The van der Waals surface area contributed by atoms with Crippen molar-refractivity contribution in [1.82, 2.24) is 4.98 Å². The highest BCUT2D eigenvalue weighted by atomic mass is 16.5. The lowest BCUT2D eigenvalue weighted by Gasteiger charge is -2.09. The van der Waals surface area contributed by atoms with Crippen LogP contribution in [0.25, 0.3) is 11.6 Å². The molecule has 1 aliphatic heterocycles. The summed E-state index contributed by atoms with van der Waals surface area (Å²) >= 11 is 0. The predicted octanol–water partition coefficient (Wildman–Crippen LogP) is 4.78. The average Bonchev–Trinajstić information content (AvgIpc) is 3.25. The number of esters is 1. The lowest BCUT2D eigenvalue weighted by molar-refractivity contribution is 0.0598. The van der Waals surface area contributed by atoms with Crippen LogP contribution < -0.4 is 5.32 Å². The summed E-state index contributed by atoms with van der Waals surface area (Å²) in [5.41, 5.74) is 4.30. The molecule has 3 heterocycles. The minimum Gasteiger partial charge on any atom is -0.504 e. The van der Waals surface area contributed by atoms with Crippen molar-refractivity contribution in [3.8, 4) is 5.75 Å². The minimum absolute atomic E-state index is 0.0688. The zero-order valence-electron chi connectivity index (χ0n) is 16.2. The number of methoxy groups -OCH3 is 1. The molecule has 7 heteroatoms. The Morgan fingerprint density at radius 1 is 1.28 bits per heavy atom. The van der Waals surface area contributed by atoms with Crippen LogP contribution in [0.2, 0.25) is 0 Å². The first kappa shape index (κ1) is 18.5. The Morgan fingerprint density at radius 2 is 2.10 bits per heavy atom. The molecule has 1 aromatic carbocycles. The first-order valence-electron chi connectivity index (χ1n) is 8.97. The topological polar surface area (TPSA) is 97.0 Å². The number of rotatable bonds is 4. The molecule has 0 fully saturated rings. The van der Waals surface area contributed by atoms with Gasteiger partial charge < -0.3 is 19.6 Å². The van der Waals surface area contributed by atoms with Crippen LogP contribution in [0.3, 0.4) is 0 Å². The summed E-state index contributed by atoms with van der Waals surface area (Å²) in [6.45, 7) is 3.94. The molecule has 0 radical (unpaired) electrons. The SMILES string of the molecule is COC(=O)c1c(Nc2ccc(C)cc2C)oc(/C=C2\C=Nc3ncccc32)c1O. The molecular formula is C22H19N3O4. The van der Waals surface area contributed by atoms with Crippen molar-refractivity contribution in [1.29, 1.82) is 0 Å². The Balaban J connectivity index is 1.78. The van der Waals surface area contributed by atoms with E-state index in [-0.39, 0.29) is 23.0 Å². The second kappa shape index (κ2) is 7.27. The number of hydrogen-bond donors (Lipinski definition) is 2. The summed E-state index contributed by atoms with van der Waals surface area (Å²) in [6, 6.07) is 9.51. The van der Waals surface area contributed by atoms with Crippen LogP contribution in [0.4, 0.5) is 17.4 Å². The van der Waals surface area contributed by atoms with Gasteiger partial charge in [0.05, 0.1) is 7.11 Å². The molecule has 0 saturated carbocycles. The second-order valence-electron chi connectivity index (χ2n) is 6.69. The number of furan rings is 1. The molecule has 0 amide bonds. The fourth-order valence-electron chi connectivity index (χ4n) is 3.18. The number of anilines is 2. The summed E-state index contributed by atoms with van der Waals surface area (Å²) < 4.78 is 10.6. The Labute approximate surface area is 167 Å². The van der Waals surface area contributed by atoms with Crippen LogP contribution >= 0.6 is 0 Å². The van der Waals surface area contributed by atoms with Crippen molar-refractivity contribution in [3.05, 3.63) is 64.5 Å². The number of benzene rings is 1. The molecule has 146 valence electrons. The highest BCUT2D eigenvalue weighted by Crippen LogP contribution is 2.39. The number of carbonyl (C=O) groups is 1. The van der Waals surface area contributed by atoms with Gasteiger partial charge in [-0.2, -0.15) is 0 Å². The van der Waals surface area contributed by atoms with E-state index in [0.29, 0.717) is 11.4 Å². The van der Waals surface area contributed by atoms with Gasteiger partial charge in [0.2, 0.25) is 5.88 Å². The number of ether oxygens (including phenoxy) is 1. The van der Waals surface area contributed by atoms with Gasteiger partial charge in [-0.3, -0.25) is 0 Å². The van der Waals surface area contributed by atoms with Gasteiger partial charge in [0, 0.05) is 29.2 Å². The van der Waals surface area contributed by atoms with Crippen LogP contribution in [0.15, 0.2) is 45.9 Å². The van der Waals surface area contributed by atoms with Gasteiger partial charge in [-0.1, -0.05) is 17.7 Å². The van der Waals surface area contributed by atoms with Gasteiger partial charge in [0.15, 0.2) is 22.9 Å².